The molecule has 0 unspecified atom stereocenters. The summed E-state index contributed by atoms with van der Waals surface area (Å²) in [6.45, 7) is 0. The Labute approximate surface area is 37.4 Å². The normalized spacial score (nSPS) is 3.00. The maximum Gasteiger partial charge on any atom is 0.154 e. The quantitative estimate of drug-likeness (QED) is 0.166. The van der Waals surface area contributed by atoms with Crippen LogP contribution in [0.25, 0.3) is 0 Å². The van der Waals surface area contributed by atoms with Gasteiger partial charge in [0, 0.05) is 21.7 Å². The monoisotopic (exact) mass is 95.9 g/mol. The zero-order chi connectivity index (χ0) is 2.71. The van der Waals surface area contributed by atoms with Crippen LogP contribution in [-0.2, 0) is 21.7 Å². The Hall–Kier alpha value is 0.114. The summed E-state index contributed by atoms with van der Waals surface area (Å²) < 4.78 is 1.75. The van der Waals surface area contributed by atoms with Gasteiger partial charge >= 0.3 is 0 Å². The first-order valence-corrected chi connectivity index (χ1v) is 0.333. The van der Waals surface area contributed by atoms with Crippen molar-refractivity contribution in [2.45, 2.75) is 0 Å². The minimum absolute atomic E-state index is 0. The second-order valence-electron chi connectivity index (χ2n) is 0.0680. The summed E-state index contributed by atoms with van der Waals surface area (Å²) in [6, 6.07) is 0. The molecular weight excluding hydrogens is 95.9 g/mol. The van der Waals surface area contributed by atoms with E-state index in [1.807, 2.05) is 0 Å². The zero-order valence-corrected chi connectivity index (χ0v) is 3.29. The Morgan fingerprint density at radius 2 is 1.75 bits per heavy atom. The van der Waals surface area contributed by atoms with Crippen LogP contribution in [0.3, 0.4) is 0 Å². The SMILES string of the molecule is O=[O+][O-].[Ti]. The van der Waals surface area contributed by atoms with Crippen LogP contribution in [0, 0.1) is 9.71 Å². The summed E-state index contributed by atoms with van der Waals surface area (Å²) in [5, 5.41) is 7.88. The van der Waals surface area contributed by atoms with Gasteiger partial charge in [-0.3, -0.25) is 0 Å². The van der Waals surface area contributed by atoms with Crippen molar-refractivity contribution >= 4 is 0 Å². The van der Waals surface area contributed by atoms with Gasteiger partial charge in [0.25, 0.3) is 0 Å². The predicted octanol–water partition coefficient (Wildman–Crippen LogP) is -1.12. The van der Waals surface area contributed by atoms with Gasteiger partial charge in [0.15, 0.2) is 4.75 Å². The van der Waals surface area contributed by atoms with Crippen molar-refractivity contribution in [1.82, 2.24) is 0 Å². The van der Waals surface area contributed by atoms with Crippen LogP contribution in [0.2, 0.25) is 0 Å². The molecule has 4 heavy (non-hydrogen) atoms. The molecule has 0 aromatic heterocycles. The smallest absolute Gasteiger partial charge is 0.0772 e. The molecule has 0 bridgehead atoms. The average molecular weight is 95.9 g/mol. The van der Waals surface area contributed by atoms with Crippen LogP contribution in [-0.4, -0.2) is 0 Å². The molecule has 0 radical (unpaired) electrons. The minimum Gasteiger partial charge on any atom is -0.0772 e. The Balaban J connectivity index is 0. The third kappa shape index (κ3) is 201. The third-order valence-corrected chi connectivity index (χ3v) is 0. The van der Waals surface area contributed by atoms with Gasteiger partial charge in [-0.15, -0.1) is 0 Å². The van der Waals surface area contributed by atoms with Crippen molar-refractivity contribution in [2.75, 3.05) is 0 Å². The van der Waals surface area contributed by atoms with Gasteiger partial charge in [-0.25, -0.2) is 0 Å². The zero-order valence-electron chi connectivity index (χ0n) is 1.72. The van der Waals surface area contributed by atoms with Gasteiger partial charge < -0.3 is 0 Å². The molecule has 0 spiro atoms. The van der Waals surface area contributed by atoms with Gasteiger partial charge in [0.2, 0.25) is 0 Å². The summed E-state index contributed by atoms with van der Waals surface area (Å²) in [4.78, 5) is 7.88. The van der Waals surface area contributed by atoms with E-state index >= 15 is 0 Å². The van der Waals surface area contributed by atoms with Gasteiger partial charge in [0.05, 0.1) is 0 Å². The first kappa shape index (κ1) is 8.93. The molecule has 0 aliphatic carbocycles. The van der Waals surface area contributed by atoms with Crippen LogP contribution >= 0.6 is 0 Å². The fourth-order valence-corrected chi connectivity index (χ4v) is 0. The Morgan fingerprint density at radius 3 is 1.75 bits per heavy atom. The van der Waals surface area contributed by atoms with E-state index in [0.717, 1.165) is 0 Å². The Morgan fingerprint density at radius 1 is 1.75 bits per heavy atom. The molecule has 22 valence electrons. The summed E-state index contributed by atoms with van der Waals surface area (Å²) >= 11 is 0. The maximum atomic E-state index is 7.88. The fourth-order valence-electron chi connectivity index (χ4n) is 0. The number of hydrogen-bond donors (Lipinski definition) is 0. The Kier molecular flexibility index (Phi) is 25.0. The second-order valence-corrected chi connectivity index (χ2v) is 0.0680. The van der Waals surface area contributed by atoms with E-state index in [2.05, 4.69) is 0 Å². The largest absolute Gasteiger partial charge is 0.154 e. The molecular formula is O3Ti. The summed E-state index contributed by atoms with van der Waals surface area (Å²) in [5.41, 5.74) is 0. The second kappa shape index (κ2) is 11.2. The number of rotatable bonds is 0. The van der Waals surface area contributed by atoms with E-state index in [4.69, 9.17) is 10.2 Å². The molecule has 0 N–H and O–H groups in total. The molecule has 0 aromatic rings. The van der Waals surface area contributed by atoms with Crippen LogP contribution in [0.4, 0.5) is 0 Å². The standard InChI is InChI=1S/O3.Ti/c1-3-2;. The van der Waals surface area contributed by atoms with Crippen molar-refractivity contribution < 1.29 is 27.0 Å². The molecule has 0 rings (SSSR count). The summed E-state index contributed by atoms with van der Waals surface area (Å²) in [5.74, 6) is 0. The third-order valence-electron chi connectivity index (χ3n) is 0. The molecule has 0 fully saturated rings. The Bertz CT molecular complexity index is 10.8. The molecule has 3 nitrogen and oxygen atoms in total. The minimum atomic E-state index is 0. The van der Waals surface area contributed by atoms with Gasteiger partial charge in [0.1, 0.15) is 0 Å². The molecule has 0 aliphatic rings. The maximum absolute atomic E-state index is 7.88. The van der Waals surface area contributed by atoms with E-state index in [1.54, 1.807) is 4.75 Å². The molecule has 0 aromatic carbocycles. The van der Waals surface area contributed by atoms with Gasteiger partial charge in [-0.1, -0.05) is 10.2 Å². The summed E-state index contributed by atoms with van der Waals surface area (Å²) in [7, 11) is 0. The topological polar surface area (TPSA) is 51.4 Å². The first-order chi connectivity index (χ1) is 1.41. The van der Waals surface area contributed by atoms with Gasteiger partial charge in [-0.05, 0) is 0 Å². The van der Waals surface area contributed by atoms with Gasteiger partial charge in [-0.2, -0.15) is 0 Å². The molecule has 0 heterocycles. The predicted molar refractivity (Wildman–Crippen MR) is 6.73 cm³/mol. The molecule has 4 heteroatoms. The number of hydrogen-bond acceptors (Lipinski definition) is 2. The van der Waals surface area contributed by atoms with Crippen LogP contribution in [0.15, 0.2) is 0 Å². The molecule has 0 aliphatic heterocycles. The molecule has 0 atom stereocenters. The van der Waals surface area contributed by atoms with E-state index in [1.165, 1.54) is 0 Å². The molecule has 0 amide bonds. The van der Waals surface area contributed by atoms with Crippen molar-refractivity contribution in [3.05, 3.63) is 9.71 Å². The van der Waals surface area contributed by atoms with Crippen molar-refractivity contribution in [2.24, 2.45) is 0 Å². The first-order valence-electron chi connectivity index (χ1n) is 0.333. The van der Waals surface area contributed by atoms with E-state index in [0.29, 0.717) is 0 Å². The van der Waals surface area contributed by atoms with Crippen LogP contribution in [0.1, 0.15) is 0 Å². The van der Waals surface area contributed by atoms with Crippen LogP contribution < -0.4 is 5.26 Å². The molecule has 0 saturated carbocycles. The van der Waals surface area contributed by atoms with E-state index in [9.17, 15) is 0 Å². The van der Waals surface area contributed by atoms with E-state index < -0.39 is 0 Å². The summed E-state index contributed by atoms with van der Waals surface area (Å²) in [6.07, 6.45) is 0. The van der Waals surface area contributed by atoms with Crippen LogP contribution in [0.5, 0.6) is 0 Å². The van der Waals surface area contributed by atoms with Crippen molar-refractivity contribution in [1.29, 1.82) is 0 Å². The van der Waals surface area contributed by atoms with Crippen molar-refractivity contribution in [3.63, 3.8) is 0 Å². The van der Waals surface area contributed by atoms with Crippen molar-refractivity contribution in [3.8, 4) is 0 Å². The molecule has 0 saturated heterocycles. The average Bonchev–Trinajstić information content (AvgIpc) is 0.918. The fraction of sp³-hybridized carbons (Fsp3) is 0. The van der Waals surface area contributed by atoms with E-state index in [-0.39, 0.29) is 21.7 Å².